The average molecular weight is 303 g/mol. The summed E-state index contributed by atoms with van der Waals surface area (Å²) in [6.07, 6.45) is 2.66. The van der Waals surface area contributed by atoms with Crippen molar-refractivity contribution in [3.05, 3.63) is 17.0 Å². The summed E-state index contributed by atoms with van der Waals surface area (Å²) < 4.78 is 32.2. The fourth-order valence-corrected chi connectivity index (χ4v) is 5.29. The van der Waals surface area contributed by atoms with Gasteiger partial charge in [-0.2, -0.15) is 4.31 Å². The van der Waals surface area contributed by atoms with Crippen LogP contribution < -0.4 is 0 Å². The Morgan fingerprint density at radius 1 is 1.37 bits per heavy atom. The largest absolute Gasteiger partial charge is 0.384 e. The molecular formula is C13H21NO3S2. The molecule has 1 aliphatic heterocycles. The zero-order chi connectivity index (χ0) is 13.9. The van der Waals surface area contributed by atoms with E-state index in [9.17, 15) is 8.42 Å². The molecule has 1 saturated heterocycles. The number of nitrogens with zero attached hydrogens (tertiary/aromatic N) is 1. The monoisotopic (exact) mass is 303 g/mol. The number of thiophene rings is 1. The fourth-order valence-electron chi connectivity index (χ4n) is 2.37. The zero-order valence-electron chi connectivity index (χ0n) is 11.5. The van der Waals surface area contributed by atoms with E-state index >= 15 is 0 Å². The molecule has 108 valence electrons. The molecule has 0 aliphatic carbocycles. The van der Waals surface area contributed by atoms with Crippen molar-refractivity contribution in [2.24, 2.45) is 5.92 Å². The van der Waals surface area contributed by atoms with Crippen LogP contribution in [0.5, 0.6) is 0 Å². The smallest absolute Gasteiger partial charge is 0.252 e. The van der Waals surface area contributed by atoms with E-state index in [4.69, 9.17) is 4.74 Å². The van der Waals surface area contributed by atoms with Crippen LogP contribution in [0.2, 0.25) is 0 Å². The molecule has 0 bridgehead atoms. The lowest BCUT2D eigenvalue weighted by Crippen LogP contribution is -2.39. The summed E-state index contributed by atoms with van der Waals surface area (Å²) in [5, 5.41) is 0. The molecule has 2 rings (SSSR count). The third kappa shape index (κ3) is 3.37. The van der Waals surface area contributed by atoms with Gasteiger partial charge in [-0.1, -0.05) is 6.92 Å². The predicted octanol–water partition coefficient (Wildman–Crippen LogP) is 2.36. The van der Waals surface area contributed by atoms with Crippen LogP contribution in [-0.4, -0.2) is 39.5 Å². The predicted molar refractivity (Wildman–Crippen MR) is 77.1 cm³/mol. The number of methoxy groups -OCH3 is 1. The van der Waals surface area contributed by atoms with E-state index in [0.29, 0.717) is 23.2 Å². The Labute approximate surface area is 119 Å². The molecule has 1 aliphatic rings. The molecule has 0 spiro atoms. The minimum atomic E-state index is -3.28. The number of rotatable bonds is 5. The third-order valence-corrected chi connectivity index (χ3v) is 7.15. The SMILES string of the molecule is CCc1ccc(S(=O)(=O)N2CCC(COC)CC2)s1. The van der Waals surface area contributed by atoms with Gasteiger partial charge < -0.3 is 4.74 Å². The highest BCUT2D eigenvalue weighted by Crippen LogP contribution is 2.28. The van der Waals surface area contributed by atoms with Crippen molar-refractivity contribution in [3.63, 3.8) is 0 Å². The molecule has 0 aromatic carbocycles. The van der Waals surface area contributed by atoms with E-state index in [2.05, 4.69) is 0 Å². The van der Waals surface area contributed by atoms with Gasteiger partial charge in [0.25, 0.3) is 10.0 Å². The fraction of sp³-hybridized carbons (Fsp3) is 0.692. The number of ether oxygens (including phenoxy) is 1. The van der Waals surface area contributed by atoms with Gasteiger partial charge in [-0.25, -0.2) is 8.42 Å². The molecule has 1 fully saturated rings. The number of hydrogen-bond donors (Lipinski definition) is 0. The van der Waals surface area contributed by atoms with Gasteiger partial charge in [0.15, 0.2) is 0 Å². The van der Waals surface area contributed by atoms with Gasteiger partial charge in [-0.3, -0.25) is 0 Å². The highest BCUT2D eigenvalue weighted by molar-refractivity contribution is 7.91. The molecule has 0 N–H and O–H groups in total. The van der Waals surface area contributed by atoms with Crippen LogP contribution >= 0.6 is 11.3 Å². The molecule has 0 unspecified atom stereocenters. The van der Waals surface area contributed by atoms with E-state index in [-0.39, 0.29) is 0 Å². The minimum absolute atomic E-state index is 0.481. The number of aryl methyl sites for hydroxylation is 1. The summed E-state index contributed by atoms with van der Waals surface area (Å²) in [6, 6.07) is 3.65. The Bertz CT molecular complexity index is 502. The number of piperidine rings is 1. The number of sulfonamides is 1. The molecule has 0 radical (unpaired) electrons. The Hall–Kier alpha value is -0.430. The topological polar surface area (TPSA) is 46.6 Å². The minimum Gasteiger partial charge on any atom is -0.384 e. The van der Waals surface area contributed by atoms with E-state index in [1.54, 1.807) is 17.5 Å². The van der Waals surface area contributed by atoms with Crippen molar-refractivity contribution in [1.29, 1.82) is 0 Å². The van der Waals surface area contributed by atoms with Crippen LogP contribution in [0.4, 0.5) is 0 Å². The van der Waals surface area contributed by atoms with Crippen molar-refractivity contribution in [2.45, 2.75) is 30.4 Å². The maximum atomic E-state index is 12.5. The lowest BCUT2D eigenvalue weighted by molar-refractivity contribution is 0.121. The van der Waals surface area contributed by atoms with Crippen LogP contribution in [0.1, 0.15) is 24.6 Å². The maximum absolute atomic E-state index is 12.5. The first-order valence-electron chi connectivity index (χ1n) is 6.65. The van der Waals surface area contributed by atoms with Crippen LogP contribution in [0.25, 0.3) is 0 Å². The van der Waals surface area contributed by atoms with Crippen LogP contribution in [0.3, 0.4) is 0 Å². The van der Waals surface area contributed by atoms with Gasteiger partial charge in [-0.15, -0.1) is 11.3 Å². The van der Waals surface area contributed by atoms with Crippen LogP contribution in [0, 0.1) is 5.92 Å². The molecular weight excluding hydrogens is 282 g/mol. The standard InChI is InChI=1S/C13H21NO3S2/c1-3-12-4-5-13(18-12)19(15,16)14-8-6-11(7-9-14)10-17-2/h4-5,11H,3,6-10H2,1-2H3. The highest BCUT2D eigenvalue weighted by Gasteiger charge is 2.30. The molecule has 0 saturated carbocycles. The van der Waals surface area contributed by atoms with Crippen molar-refractivity contribution >= 4 is 21.4 Å². The lowest BCUT2D eigenvalue weighted by Gasteiger charge is -2.30. The number of hydrogen-bond acceptors (Lipinski definition) is 4. The molecule has 0 amide bonds. The Kier molecular flexibility index (Phi) is 5.00. The first-order valence-corrected chi connectivity index (χ1v) is 8.91. The Morgan fingerprint density at radius 3 is 2.58 bits per heavy atom. The summed E-state index contributed by atoms with van der Waals surface area (Å²) in [5.41, 5.74) is 0. The first-order chi connectivity index (χ1) is 9.07. The lowest BCUT2D eigenvalue weighted by atomic mass is 9.99. The van der Waals surface area contributed by atoms with Crippen LogP contribution in [-0.2, 0) is 21.2 Å². The average Bonchev–Trinajstić information content (AvgIpc) is 2.89. The second-order valence-electron chi connectivity index (χ2n) is 4.88. The third-order valence-electron chi connectivity index (χ3n) is 3.56. The van der Waals surface area contributed by atoms with E-state index in [1.165, 1.54) is 11.3 Å². The summed E-state index contributed by atoms with van der Waals surface area (Å²) in [4.78, 5) is 1.12. The van der Waals surface area contributed by atoms with Crippen molar-refractivity contribution < 1.29 is 13.2 Å². The molecule has 6 heteroatoms. The van der Waals surface area contributed by atoms with Gasteiger partial charge in [-0.05, 0) is 37.3 Å². The Morgan fingerprint density at radius 2 is 2.05 bits per heavy atom. The molecule has 2 heterocycles. The van der Waals surface area contributed by atoms with Gasteiger partial charge in [0, 0.05) is 31.7 Å². The quantitative estimate of drug-likeness (QED) is 0.839. The second kappa shape index (κ2) is 6.35. The second-order valence-corrected chi connectivity index (χ2v) is 8.21. The summed E-state index contributed by atoms with van der Waals surface area (Å²) in [5.74, 6) is 0.492. The van der Waals surface area contributed by atoms with Crippen LogP contribution in [0.15, 0.2) is 16.3 Å². The van der Waals surface area contributed by atoms with Crippen molar-refractivity contribution in [3.8, 4) is 0 Å². The molecule has 1 aromatic heterocycles. The maximum Gasteiger partial charge on any atom is 0.252 e. The van der Waals surface area contributed by atoms with Gasteiger partial charge in [0.05, 0.1) is 0 Å². The summed E-state index contributed by atoms with van der Waals surface area (Å²) in [6.45, 7) is 3.98. The highest BCUT2D eigenvalue weighted by atomic mass is 32.2. The van der Waals surface area contributed by atoms with Gasteiger partial charge >= 0.3 is 0 Å². The Balaban J connectivity index is 2.05. The van der Waals surface area contributed by atoms with E-state index in [0.717, 1.165) is 30.7 Å². The van der Waals surface area contributed by atoms with E-state index < -0.39 is 10.0 Å². The van der Waals surface area contributed by atoms with E-state index in [1.807, 2.05) is 13.0 Å². The first kappa shape index (κ1) is 15.0. The van der Waals surface area contributed by atoms with Gasteiger partial charge in [0.1, 0.15) is 4.21 Å². The normalized spacial score (nSPS) is 18.8. The zero-order valence-corrected chi connectivity index (χ0v) is 13.1. The van der Waals surface area contributed by atoms with Gasteiger partial charge in [0.2, 0.25) is 0 Å². The van der Waals surface area contributed by atoms with Crippen molar-refractivity contribution in [2.75, 3.05) is 26.8 Å². The molecule has 1 aromatic rings. The molecule has 0 atom stereocenters. The molecule has 4 nitrogen and oxygen atoms in total. The molecule has 19 heavy (non-hydrogen) atoms. The van der Waals surface area contributed by atoms with Crippen molar-refractivity contribution in [1.82, 2.24) is 4.31 Å². The summed E-state index contributed by atoms with van der Waals surface area (Å²) >= 11 is 1.39. The summed E-state index contributed by atoms with van der Waals surface area (Å²) in [7, 11) is -1.58.